The molecule has 0 radical (unpaired) electrons. The summed E-state index contributed by atoms with van der Waals surface area (Å²) in [6, 6.07) is 21.0. The summed E-state index contributed by atoms with van der Waals surface area (Å²) in [5, 5.41) is 5.69. The lowest BCUT2D eigenvalue weighted by Crippen LogP contribution is -2.22. The Hall–Kier alpha value is -3.93. The van der Waals surface area contributed by atoms with Gasteiger partial charge in [-0.1, -0.05) is 35.9 Å². The number of hydrogen-bond donors (Lipinski definition) is 2. The first kappa shape index (κ1) is 20.8. The molecule has 0 aliphatic heterocycles. The first-order valence-corrected chi connectivity index (χ1v) is 9.44. The quantitative estimate of drug-likeness (QED) is 0.480. The summed E-state index contributed by atoms with van der Waals surface area (Å²) in [5.41, 5.74) is 3.50. The van der Waals surface area contributed by atoms with Crippen LogP contribution in [0.1, 0.15) is 38.8 Å². The molecule has 0 heterocycles. The third-order valence-electron chi connectivity index (χ3n) is 4.31. The van der Waals surface area contributed by atoms with Gasteiger partial charge in [0.2, 0.25) is 0 Å². The van der Waals surface area contributed by atoms with Crippen molar-refractivity contribution in [3.8, 4) is 5.75 Å². The van der Waals surface area contributed by atoms with Crippen LogP contribution in [0.25, 0.3) is 0 Å². The highest BCUT2D eigenvalue weighted by Gasteiger charge is 2.09. The van der Waals surface area contributed by atoms with Crippen LogP contribution in [0.15, 0.2) is 72.8 Å². The molecule has 0 bridgehead atoms. The molecule has 0 unspecified atom stereocenters. The summed E-state index contributed by atoms with van der Waals surface area (Å²) in [7, 11) is 0. The first-order chi connectivity index (χ1) is 14.4. The first-order valence-electron chi connectivity index (χ1n) is 9.44. The number of aryl methyl sites for hydroxylation is 1. The molecule has 0 fully saturated rings. The van der Waals surface area contributed by atoms with E-state index in [0.717, 1.165) is 11.1 Å². The fourth-order valence-corrected chi connectivity index (χ4v) is 2.82. The van der Waals surface area contributed by atoms with Gasteiger partial charge in [0.25, 0.3) is 11.8 Å². The molecule has 152 valence electrons. The number of nitrogens with one attached hydrogen (secondary N) is 2. The molecule has 2 amide bonds. The second-order valence-electron chi connectivity index (χ2n) is 6.82. The van der Waals surface area contributed by atoms with Crippen molar-refractivity contribution in [2.45, 2.75) is 20.4 Å². The molecule has 6 heteroatoms. The number of ether oxygens (including phenoxy) is 1. The van der Waals surface area contributed by atoms with Crippen molar-refractivity contribution in [1.82, 2.24) is 5.32 Å². The molecule has 0 spiro atoms. The van der Waals surface area contributed by atoms with Gasteiger partial charge in [-0.15, -0.1) is 0 Å². The molecule has 0 saturated heterocycles. The number of amides is 2. The molecule has 0 atom stereocenters. The van der Waals surface area contributed by atoms with Gasteiger partial charge in [-0.25, -0.2) is 0 Å². The second-order valence-corrected chi connectivity index (χ2v) is 6.82. The fourth-order valence-electron chi connectivity index (χ4n) is 2.82. The Bertz CT molecular complexity index is 1070. The molecule has 3 aromatic carbocycles. The number of anilines is 1. The molecule has 30 heavy (non-hydrogen) atoms. The van der Waals surface area contributed by atoms with Gasteiger partial charge in [0.05, 0.1) is 0 Å². The number of rotatable bonds is 6. The van der Waals surface area contributed by atoms with Crippen LogP contribution < -0.4 is 15.4 Å². The zero-order valence-electron chi connectivity index (χ0n) is 16.8. The van der Waals surface area contributed by atoms with Gasteiger partial charge in [-0.2, -0.15) is 0 Å². The van der Waals surface area contributed by atoms with Crippen molar-refractivity contribution in [2.24, 2.45) is 0 Å². The monoisotopic (exact) mass is 402 g/mol. The molecule has 6 nitrogen and oxygen atoms in total. The van der Waals surface area contributed by atoms with Gasteiger partial charge in [0, 0.05) is 30.3 Å². The lowest BCUT2D eigenvalue weighted by molar-refractivity contribution is -0.131. The van der Waals surface area contributed by atoms with Crippen molar-refractivity contribution in [3.63, 3.8) is 0 Å². The number of carbonyl (C=O) groups is 3. The van der Waals surface area contributed by atoms with Crippen molar-refractivity contribution in [3.05, 3.63) is 95.1 Å². The van der Waals surface area contributed by atoms with Crippen molar-refractivity contribution < 1.29 is 19.1 Å². The van der Waals surface area contributed by atoms with Crippen molar-refractivity contribution >= 4 is 23.5 Å². The highest BCUT2D eigenvalue weighted by Crippen LogP contribution is 2.17. The number of carbonyl (C=O) groups excluding carboxylic acids is 3. The number of hydrogen-bond acceptors (Lipinski definition) is 4. The minimum Gasteiger partial charge on any atom is -0.427 e. The summed E-state index contributed by atoms with van der Waals surface area (Å²) in [4.78, 5) is 35.9. The highest BCUT2D eigenvalue weighted by molar-refractivity contribution is 6.04. The maximum atomic E-state index is 12.5. The summed E-state index contributed by atoms with van der Waals surface area (Å²) in [6.45, 7) is 3.60. The summed E-state index contributed by atoms with van der Waals surface area (Å²) < 4.78 is 5.01. The number of benzene rings is 3. The number of esters is 1. The smallest absolute Gasteiger partial charge is 0.308 e. The summed E-state index contributed by atoms with van der Waals surface area (Å²) in [6.07, 6.45) is 0. The minimum absolute atomic E-state index is 0.160. The van der Waals surface area contributed by atoms with E-state index in [1.54, 1.807) is 48.5 Å². The topological polar surface area (TPSA) is 84.5 Å². The maximum Gasteiger partial charge on any atom is 0.308 e. The molecular formula is C24H22N2O4. The Morgan fingerprint density at radius 3 is 2.30 bits per heavy atom. The van der Waals surface area contributed by atoms with Crippen LogP contribution >= 0.6 is 0 Å². The van der Waals surface area contributed by atoms with E-state index in [2.05, 4.69) is 10.6 Å². The fraction of sp³-hybridized carbons (Fsp3) is 0.125. The summed E-state index contributed by atoms with van der Waals surface area (Å²) >= 11 is 0. The van der Waals surface area contributed by atoms with Crippen LogP contribution in [0.4, 0.5) is 5.69 Å². The van der Waals surface area contributed by atoms with E-state index in [-0.39, 0.29) is 11.8 Å². The van der Waals surface area contributed by atoms with E-state index in [9.17, 15) is 14.4 Å². The summed E-state index contributed by atoms with van der Waals surface area (Å²) in [5.74, 6) is -0.632. The lowest BCUT2D eigenvalue weighted by atomic mass is 10.1. The van der Waals surface area contributed by atoms with Crippen molar-refractivity contribution in [1.29, 1.82) is 0 Å². The Labute approximate surface area is 174 Å². The third-order valence-corrected chi connectivity index (χ3v) is 4.31. The Morgan fingerprint density at radius 1 is 0.833 bits per heavy atom. The molecule has 0 aromatic heterocycles. The highest BCUT2D eigenvalue weighted by atomic mass is 16.5. The Balaban J connectivity index is 1.62. The SMILES string of the molecule is CC(=O)Oc1cccc(C(=O)Nc2cccc(CNC(=O)c3ccc(C)cc3)c2)c1. The van der Waals surface area contributed by atoms with E-state index in [1.807, 2.05) is 25.1 Å². The average Bonchev–Trinajstić information content (AvgIpc) is 2.72. The van der Waals surface area contributed by atoms with Gasteiger partial charge in [0.15, 0.2) is 0 Å². The van der Waals surface area contributed by atoms with Gasteiger partial charge < -0.3 is 15.4 Å². The van der Waals surface area contributed by atoms with E-state index in [4.69, 9.17) is 4.74 Å². The van der Waals surface area contributed by atoms with E-state index in [1.165, 1.54) is 13.0 Å². The Morgan fingerprint density at radius 2 is 1.57 bits per heavy atom. The van der Waals surface area contributed by atoms with Gasteiger partial charge >= 0.3 is 5.97 Å². The molecule has 3 aromatic rings. The zero-order valence-corrected chi connectivity index (χ0v) is 16.8. The third kappa shape index (κ3) is 5.78. The van der Waals surface area contributed by atoms with Crippen LogP contribution in [0.3, 0.4) is 0 Å². The van der Waals surface area contributed by atoms with Crippen LogP contribution in [0.5, 0.6) is 5.75 Å². The molecule has 0 aliphatic rings. The maximum absolute atomic E-state index is 12.5. The average molecular weight is 402 g/mol. The lowest BCUT2D eigenvalue weighted by Gasteiger charge is -2.10. The minimum atomic E-state index is -0.451. The molecule has 0 aliphatic carbocycles. The normalized spacial score (nSPS) is 10.2. The van der Waals surface area contributed by atoms with Gasteiger partial charge in [-0.05, 0) is 55.0 Å². The van der Waals surface area contributed by atoms with Gasteiger partial charge in [0.1, 0.15) is 5.75 Å². The van der Waals surface area contributed by atoms with Crippen LogP contribution in [0, 0.1) is 6.92 Å². The predicted molar refractivity (Wildman–Crippen MR) is 114 cm³/mol. The zero-order chi connectivity index (χ0) is 21.5. The predicted octanol–water partition coefficient (Wildman–Crippen LogP) is 4.10. The largest absolute Gasteiger partial charge is 0.427 e. The molecule has 0 saturated carbocycles. The Kier molecular flexibility index (Phi) is 6.60. The molecule has 3 rings (SSSR count). The van der Waals surface area contributed by atoms with E-state index in [0.29, 0.717) is 29.1 Å². The van der Waals surface area contributed by atoms with E-state index >= 15 is 0 Å². The van der Waals surface area contributed by atoms with Crippen LogP contribution in [-0.2, 0) is 11.3 Å². The molecule has 2 N–H and O–H groups in total. The van der Waals surface area contributed by atoms with Crippen LogP contribution in [-0.4, -0.2) is 17.8 Å². The van der Waals surface area contributed by atoms with Gasteiger partial charge in [-0.3, -0.25) is 14.4 Å². The van der Waals surface area contributed by atoms with Crippen LogP contribution in [0.2, 0.25) is 0 Å². The standard InChI is InChI=1S/C24H22N2O4/c1-16-9-11-19(12-10-16)23(28)25-15-18-5-3-7-21(13-18)26-24(29)20-6-4-8-22(14-20)30-17(2)27/h3-14H,15H2,1-2H3,(H,25,28)(H,26,29). The second kappa shape index (κ2) is 9.52. The molecular weight excluding hydrogens is 380 g/mol. The van der Waals surface area contributed by atoms with E-state index < -0.39 is 5.97 Å². The van der Waals surface area contributed by atoms with Crippen molar-refractivity contribution in [2.75, 3.05) is 5.32 Å².